The van der Waals surface area contributed by atoms with Crippen LogP contribution in [0.2, 0.25) is 0 Å². The molecular formula is C26H20N4O. The van der Waals surface area contributed by atoms with Crippen molar-refractivity contribution in [1.29, 1.82) is 0 Å². The lowest BCUT2D eigenvalue weighted by atomic mass is 10.1. The normalized spacial score (nSPS) is 11.2. The molecule has 0 saturated carbocycles. The average Bonchev–Trinajstić information content (AvgIpc) is 3.37. The topological polar surface area (TPSA) is 52.8 Å². The Balaban J connectivity index is 1.20. The summed E-state index contributed by atoms with van der Waals surface area (Å²) in [6.45, 7) is 0.443. The highest BCUT2D eigenvalue weighted by Crippen LogP contribution is 2.18. The molecule has 2 aromatic heterocycles. The van der Waals surface area contributed by atoms with Crippen molar-refractivity contribution in [3.63, 3.8) is 0 Å². The zero-order valence-electron chi connectivity index (χ0n) is 16.8. The quantitative estimate of drug-likeness (QED) is 0.348. The molecule has 150 valence electrons. The van der Waals surface area contributed by atoms with Crippen LogP contribution < -0.4 is 4.74 Å². The molecule has 5 rings (SSSR count). The molecule has 0 unspecified atom stereocenters. The van der Waals surface area contributed by atoms with Gasteiger partial charge in [0.1, 0.15) is 25.0 Å². The van der Waals surface area contributed by atoms with E-state index in [1.807, 2.05) is 60.7 Å². The summed E-state index contributed by atoms with van der Waals surface area (Å²) in [4.78, 5) is 8.62. The average molecular weight is 404 g/mol. The summed E-state index contributed by atoms with van der Waals surface area (Å²) >= 11 is 0. The van der Waals surface area contributed by atoms with Gasteiger partial charge in [-0.25, -0.2) is 14.6 Å². The Labute approximate surface area is 180 Å². The van der Waals surface area contributed by atoms with Crippen LogP contribution in [0.3, 0.4) is 0 Å². The largest absolute Gasteiger partial charge is 0.487 e. The molecule has 3 aromatic carbocycles. The number of nitrogens with zero attached hydrogens (tertiary/aromatic N) is 4. The molecule has 0 fully saturated rings. The van der Waals surface area contributed by atoms with E-state index in [9.17, 15) is 0 Å². The summed E-state index contributed by atoms with van der Waals surface area (Å²) in [5.41, 5.74) is 5.11. The van der Waals surface area contributed by atoms with E-state index in [4.69, 9.17) is 4.74 Å². The lowest BCUT2D eigenvalue weighted by Gasteiger charge is -2.07. The summed E-state index contributed by atoms with van der Waals surface area (Å²) in [5.74, 6) is 0.823. The van der Waals surface area contributed by atoms with Gasteiger partial charge < -0.3 is 4.74 Å². The summed E-state index contributed by atoms with van der Waals surface area (Å²) in [6, 6.07) is 28.4. The zero-order valence-corrected chi connectivity index (χ0v) is 16.8. The number of para-hydroxylation sites is 1. The van der Waals surface area contributed by atoms with E-state index < -0.39 is 0 Å². The van der Waals surface area contributed by atoms with Crippen molar-refractivity contribution in [3.05, 3.63) is 114 Å². The first kappa shape index (κ1) is 18.8. The Bertz CT molecular complexity index is 1310. The van der Waals surface area contributed by atoms with Gasteiger partial charge >= 0.3 is 0 Å². The fourth-order valence-electron chi connectivity index (χ4n) is 3.29. The Morgan fingerprint density at radius 3 is 2.26 bits per heavy atom. The molecule has 0 bridgehead atoms. The Kier molecular flexibility index (Phi) is 5.22. The molecule has 0 amide bonds. The standard InChI is InChI=1S/C26H20N4O/c1-2-4-26-22(3-1)11-12-23(29-26)17-31-25-15-9-21(10-16-25)6-5-20-7-13-24(14-8-20)30-19-27-18-28-30/h1-16,18-19H,17H2/b6-5+. The van der Waals surface area contributed by atoms with Crippen molar-refractivity contribution < 1.29 is 4.74 Å². The van der Waals surface area contributed by atoms with Crippen LogP contribution in [0.1, 0.15) is 16.8 Å². The molecule has 0 aliphatic heterocycles. The van der Waals surface area contributed by atoms with Crippen LogP contribution in [0.25, 0.3) is 28.7 Å². The number of hydrogen-bond acceptors (Lipinski definition) is 4. The smallest absolute Gasteiger partial charge is 0.138 e. The van der Waals surface area contributed by atoms with Crippen LogP contribution in [-0.4, -0.2) is 19.7 Å². The molecule has 0 radical (unpaired) electrons. The molecule has 0 saturated heterocycles. The second-order valence-corrected chi connectivity index (χ2v) is 7.12. The number of rotatable bonds is 6. The molecule has 31 heavy (non-hydrogen) atoms. The predicted molar refractivity (Wildman–Crippen MR) is 123 cm³/mol. The first-order valence-corrected chi connectivity index (χ1v) is 10.0. The number of benzene rings is 3. The highest BCUT2D eigenvalue weighted by Gasteiger charge is 2.00. The van der Waals surface area contributed by atoms with Gasteiger partial charge in [0, 0.05) is 5.39 Å². The van der Waals surface area contributed by atoms with Crippen molar-refractivity contribution in [3.8, 4) is 11.4 Å². The van der Waals surface area contributed by atoms with Gasteiger partial charge in [0.05, 0.1) is 16.9 Å². The Hall–Kier alpha value is -4.25. The fourth-order valence-corrected chi connectivity index (χ4v) is 3.29. The molecule has 5 heteroatoms. The van der Waals surface area contributed by atoms with E-state index in [2.05, 4.69) is 51.5 Å². The van der Waals surface area contributed by atoms with E-state index in [0.717, 1.165) is 39.2 Å². The van der Waals surface area contributed by atoms with Crippen molar-refractivity contribution in [1.82, 2.24) is 19.7 Å². The van der Waals surface area contributed by atoms with Gasteiger partial charge in [-0.15, -0.1) is 0 Å². The minimum absolute atomic E-state index is 0.443. The van der Waals surface area contributed by atoms with Gasteiger partial charge in [-0.2, -0.15) is 5.10 Å². The number of hydrogen-bond donors (Lipinski definition) is 0. The van der Waals surface area contributed by atoms with Gasteiger partial charge in [0.2, 0.25) is 0 Å². The van der Waals surface area contributed by atoms with Crippen molar-refractivity contribution in [2.24, 2.45) is 0 Å². The van der Waals surface area contributed by atoms with Crippen molar-refractivity contribution in [2.75, 3.05) is 0 Å². The van der Waals surface area contributed by atoms with Crippen molar-refractivity contribution in [2.45, 2.75) is 6.61 Å². The predicted octanol–water partition coefficient (Wildman–Crippen LogP) is 5.56. The third-order valence-corrected chi connectivity index (χ3v) is 4.97. The highest BCUT2D eigenvalue weighted by molar-refractivity contribution is 5.78. The van der Waals surface area contributed by atoms with Crippen LogP contribution in [0, 0.1) is 0 Å². The molecule has 0 N–H and O–H groups in total. The van der Waals surface area contributed by atoms with E-state index in [0.29, 0.717) is 6.61 Å². The SMILES string of the molecule is C(=C\c1ccc(-n2cncn2)cc1)/c1ccc(OCc2ccc3ccccc3n2)cc1. The van der Waals surface area contributed by atoms with E-state index >= 15 is 0 Å². The fraction of sp³-hybridized carbons (Fsp3) is 0.0385. The van der Waals surface area contributed by atoms with Gasteiger partial charge in [-0.05, 0) is 47.5 Å². The molecule has 0 atom stereocenters. The zero-order chi connectivity index (χ0) is 20.9. The minimum Gasteiger partial charge on any atom is -0.487 e. The Morgan fingerprint density at radius 2 is 1.52 bits per heavy atom. The third-order valence-electron chi connectivity index (χ3n) is 4.97. The molecule has 2 heterocycles. The van der Waals surface area contributed by atoms with Gasteiger partial charge in [0.25, 0.3) is 0 Å². The molecule has 0 aliphatic carbocycles. The van der Waals surface area contributed by atoms with E-state index in [-0.39, 0.29) is 0 Å². The van der Waals surface area contributed by atoms with E-state index in [1.165, 1.54) is 6.33 Å². The molecule has 0 spiro atoms. The number of ether oxygens (including phenoxy) is 1. The lowest BCUT2D eigenvalue weighted by molar-refractivity contribution is 0.302. The number of fused-ring (bicyclic) bond motifs is 1. The van der Waals surface area contributed by atoms with E-state index in [1.54, 1.807) is 11.0 Å². The highest BCUT2D eigenvalue weighted by atomic mass is 16.5. The third kappa shape index (κ3) is 4.51. The van der Waals surface area contributed by atoms with Gasteiger partial charge in [-0.3, -0.25) is 0 Å². The second-order valence-electron chi connectivity index (χ2n) is 7.12. The summed E-state index contributed by atoms with van der Waals surface area (Å²) < 4.78 is 7.64. The maximum absolute atomic E-state index is 5.91. The van der Waals surface area contributed by atoms with Gasteiger partial charge in [0.15, 0.2) is 0 Å². The monoisotopic (exact) mass is 404 g/mol. The molecular weight excluding hydrogens is 384 g/mol. The lowest BCUT2D eigenvalue weighted by Crippen LogP contribution is -1.98. The van der Waals surface area contributed by atoms with Crippen molar-refractivity contribution >= 4 is 23.1 Å². The summed E-state index contributed by atoms with van der Waals surface area (Å²) in [6.07, 6.45) is 7.38. The second kappa shape index (κ2) is 8.63. The van der Waals surface area contributed by atoms with Crippen LogP contribution >= 0.6 is 0 Å². The maximum Gasteiger partial charge on any atom is 0.138 e. The maximum atomic E-state index is 5.91. The first-order valence-electron chi connectivity index (χ1n) is 10.0. The molecule has 0 aliphatic rings. The van der Waals surface area contributed by atoms with Crippen LogP contribution in [0.15, 0.2) is 97.6 Å². The van der Waals surface area contributed by atoms with Gasteiger partial charge in [-0.1, -0.05) is 60.7 Å². The van der Waals surface area contributed by atoms with Crippen LogP contribution in [0.5, 0.6) is 5.75 Å². The minimum atomic E-state index is 0.443. The number of pyridine rings is 1. The summed E-state index contributed by atoms with van der Waals surface area (Å²) in [5, 5.41) is 5.27. The summed E-state index contributed by atoms with van der Waals surface area (Å²) in [7, 11) is 0. The Morgan fingerprint density at radius 1 is 0.774 bits per heavy atom. The first-order chi connectivity index (χ1) is 15.3. The molecule has 5 nitrogen and oxygen atoms in total. The van der Waals surface area contributed by atoms with Crippen LogP contribution in [0.4, 0.5) is 0 Å². The van der Waals surface area contributed by atoms with Crippen LogP contribution in [-0.2, 0) is 6.61 Å². The number of aromatic nitrogens is 4. The molecule has 5 aromatic rings.